The molecule has 0 aliphatic heterocycles. The molecule has 0 aromatic heterocycles. The van der Waals surface area contributed by atoms with E-state index in [1.54, 1.807) is 25.3 Å². The van der Waals surface area contributed by atoms with Gasteiger partial charge in [-0.15, -0.1) is 0 Å². The van der Waals surface area contributed by atoms with Crippen LogP contribution in [-0.4, -0.2) is 23.7 Å². The molecule has 112 valence electrons. The zero-order valence-corrected chi connectivity index (χ0v) is 12.3. The molecule has 1 aliphatic rings. The topological polar surface area (TPSA) is 82.3 Å². The van der Waals surface area contributed by atoms with Gasteiger partial charge in [-0.2, -0.15) is 5.26 Å². The number of carboxylic acids is 1. The van der Waals surface area contributed by atoms with Crippen LogP contribution in [0.2, 0.25) is 0 Å². The molecule has 1 aromatic rings. The fourth-order valence-corrected chi connectivity index (χ4v) is 2.76. The van der Waals surface area contributed by atoms with E-state index in [2.05, 4.69) is 18.3 Å². The Hall–Kier alpha value is -2.22. The van der Waals surface area contributed by atoms with Crippen molar-refractivity contribution in [3.8, 4) is 11.8 Å². The van der Waals surface area contributed by atoms with Crippen LogP contribution in [0, 0.1) is 17.2 Å². The van der Waals surface area contributed by atoms with Crippen molar-refractivity contribution in [3.63, 3.8) is 0 Å². The smallest absolute Gasteiger partial charge is 0.329 e. The number of benzene rings is 1. The minimum Gasteiger partial charge on any atom is -0.497 e. The molecular formula is C16H20N2O3. The summed E-state index contributed by atoms with van der Waals surface area (Å²) in [5.74, 6) is 0.280. The molecule has 0 radical (unpaired) electrons. The highest BCUT2D eigenvalue weighted by Crippen LogP contribution is 2.36. The summed E-state index contributed by atoms with van der Waals surface area (Å²) in [4.78, 5) is 11.8. The van der Waals surface area contributed by atoms with Gasteiger partial charge < -0.3 is 15.2 Å². The van der Waals surface area contributed by atoms with Crippen LogP contribution in [-0.2, 0) is 4.79 Å². The number of methoxy groups -OCH3 is 1. The molecular weight excluding hydrogens is 268 g/mol. The summed E-state index contributed by atoms with van der Waals surface area (Å²) in [6.07, 6.45) is 2.85. The summed E-state index contributed by atoms with van der Waals surface area (Å²) in [6.45, 7) is 2.14. The molecule has 1 saturated carbocycles. The van der Waals surface area contributed by atoms with Crippen molar-refractivity contribution in [2.24, 2.45) is 5.92 Å². The highest BCUT2D eigenvalue weighted by Gasteiger charge is 2.41. The summed E-state index contributed by atoms with van der Waals surface area (Å²) < 4.78 is 5.16. The molecule has 0 spiro atoms. The third-order valence-electron chi connectivity index (χ3n) is 4.26. The van der Waals surface area contributed by atoms with Crippen molar-refractivity contribution < 1.29 is 14.6 Å². The fraction of sp³-hybridized carbons (Fsp3) is 0.500. The van der Waals surface area contributed by atoms with E-state index in [1.807, 2.05) is 0 Å². The number of aliphatic carboxylic acids is 1. The maximum absolute atomic E-state index is 11.8. The van der Waals surface area contributed by atoms with Crippen molar-refractivity contribution >= 4 is 11.7 Å². The Balaban J connectivity index is 2.33. The maximum Gasteiger partial charge on any atom is 0.329 e. The van der Waals surface area contributed by atoms with Gasteiger partial charge in [-0.25, -0.2) is 4.79 Å². The van der Waals surface area contributed by atoms with Gasteiger partial charge in [-0.1, -0.05) is 6.92 Å². The Kier molecular flexibility index (Phi) is 4.37. The van der Waals surface area contributed by atoms with Gasteiger partial charge in [0.2, 0.25) is 0 Å². The van der Waals surface area contributed by atoms with Crippen molar-refractivity contribution in [1.29, 1.82) is 5.26 Å². The lowest BCUT2D eigenvalue weighted by Gasteiger charge is -2.37. The fourth-order valence-electron chi connectivity index (χ4n) is 2.76. The predicted octanol–water partition coefficient (Wildman–Crippen LogP) is 3.01. The molecule has 5 nitrogen and oxygen atoms in total. The molecule has 2 rings (SSSR count). The normalized spacial score (nSPS) is 24.9. The number of hydrogen-bond donors (Lipinski definition) is 2. The van der Waals surface area contributed by atoms with Gasteiger partial charge in [0.15, 0.2) is 0 Å². The standard InChI is InChI=1S/C16H20N2O3/c1-11-5-7-16(8-6-11,15(19)20)18-14-9-13(21-2)4-3-12(14)10-17/h3-4,9,11,18H,5-8H2,1-2H3,(H,19,20). The summed E-state index contributed by atoms with van der Waals surface area (Å²) in [7, 11) is 1.54. The highest BCUT2D eigenvalue weighted by molar-refractivity contribution is 5.84. The zero-order chi connectivity index (χ0) is 15.5. The first-order valence-corrected chi connectivity index (χ1v) is 7.10. The van der Waals surface area contributed by atoms with Gasteiger partial charge in [0.25, 0.3) is 0 Å². The Morgan fingerprint density at radius 1 is 1.48 bits per heavy atom. The largest absolute Gasteiger partial charge is 0.497 e. The third-order valence-corrected chi connectivity index (χ3v) is 4.26. The molecule has 21 heavy (non-hydrogen) atoms. The van der Waals surface area contributed by atoms with Crippen LogP contribution in [0.3, 0.4) is 0 Å². The quantitative estimate of drug-likeness (QED) is 0.890. The molecule has 1 fully saturated rings. The van der Waals surface area contributed by atoms with Crippen molar-refractivity contribution in [1.82, 2.24) is 0 Å². The minimum absolute atomic E-state index is 0.426. The second-order valence-corrected chi connectivity index (χ2v) is 5.72. The van der Waals surface area contributed by atoms with Gasteiger partial charge in [0.05, 0.1) is 18.4 Å². The lowest BCUT2D eigenvalue weighted by Crippen LogP contribution is -2.49. The molecule has 0 unspecified atom stereocenters. The SMILES string of the molecule is COc1ccc(C#N)c(NC2(C(=O)O)CCC(C)CC2)c1. The number of ether oxygens (including phenoxy) is 1. The van der Waals surface area contributed by atoms with Crippen LogP contribution in [0.15, 0.2) is 18.2 Å². The van der Waals surface area contributed by atoms with Crippen LogP contribution < -0.4 is 10.1 Å². The summed E-state index contributed by atoms with van der Waals surface area (Å²) >= 11 is 0. The number of nitrogens with zero attached hydrogens (tertiary/aromatic N) is 1. The number of carbonyl (C=O) groups is 1. The van der Waals surface area contributed by atoms with Crippen molar-refractivity contribution in [2.75, 3.05) is 12.4 Å². The molecule has 5 heteroatoms. The first kappa shape index (κ1) is 15.2. The average molecular weight is 288 g/mol. The average Bonchev–Trinajstić information content (AvgIpc) is 2.49. The van der Waals surface area contributed by atoms with Gasteiger partial charge in [0.1, 0.15) is 17.4 Å². The monoisotopic (exact) mass is 288 g/mol. The zero-order valence-electron chi connectivity index (χ0n) is 12.3. The highest BCUT2D eigenvalue weighted by atomic mass is 16.5. The Labute approximate surface area is 124 Å². The van der Waals surface area contributed by atoms with Crippen LogP contribution in [0.25, 0.3) is 0 Å². The second kappa shape index (κ2) is 6.04. The van der Waals surface area contributed by atoms with Crippen LogP contribution in [0.1, 0.15) is 38.2 Å². The van der Waals surface area contributed by atoms with E-state index >= 15 is 0 Å². The summed E-state index contributed by atoms with van der Waals surface area (Å²) in [5.41, 5.74) is -0.0476. The van der Waals surface area contributed by atoms with Crippen molar-refractivity contribution in [3.05, 3.63) is 23.8 Å². The van der Waals surface area contributed by atoms with Crippen molar-refractivity contribution in [2.45, 2.75) is 38.1 Å². The van der Waals surface area contributed by atoms with E-state index in [-0.39, 0.29) is 0 Å². The lowest BCUT2D eigenvalue weighted by molar-refractivity contribution is -0.143. The summed E-state index contributed by atoms with van der Waals surface area (Å²) in [6, 6.07) is 7.11. The molecule has 0 saturated heterocycles. The van der Waals surface area contributed by atoms with Gasteiger partial charge in [0, 0.05) is 6.07 Å². The number of nitrogens with one attached hydrogen (secondary N) is 1. The Morgan fingerprint density at radius 2 is 2.14 bits per heavy atom. The molecule has 1 aliphatic carbocycles. The van der Waals surface area contributed by atoms with E-state index in [4.69, 9.17) is 4.74 Å². The Bertz CT molecular complexity index is 569. The number of rotatable bonds is 4. The van der Waals surface area contributed by atoms with Gasteiger partial charge >= 0.3 is 5.97 Å². The van der Waals surface area contributed by atoms with Gasteiger partial charge in [-0.05, 0) is 43.7 Å². The molecule has 0 heterocycles. The first-order valence-electron chi connectivity index (χ1n) is 7.10. The maximum atomic E-state index is 11.8. The van der Waals surface area contributed by atoms with Crippen LogP contribution in [0.5, 0.6) is 5.75 Å². The summed E-state index contributed by atoms with van der Waals surface area (Å²) in [5, 5.41) is 22.0. The molecule has 2 N–H and O–H groups in total. The first-order chi connectivity index (χ1) is 10.0. The van der Waals surface area contributed by atoms with E-state index < -0.39 is 11.5 Å². The third kappa shape index (κ3) is 3.10. The number of carboxylic acid groups (broad SMARTS) is 1. The second-order valence-electron chi connectivity index (χ2n) is 5.72. The van der Waals surface area contributed by atoms with E-state index in [0.29, 0.717) is 35.8 Å². The van der Waals surface area contributed by atoms with Gasteiger partial charge in [-0.3, -0.25) is 0 Å². The van der Waals surface area contributed by atoms with E-state index in [0.717, 1.165) is 12.8 Å². The molecule has 1 aromatic carbocycles. The minimum atomic E-state index is -0.996. The predicted molar refractivity (Wildman–Crippen MR) is 79.3 cm³/mol. The molecule has 0 atom stereocenters. The van der Waals surface area contributed by atoms with E-state index in [1.165, 1.54) is 0 Å². The van der Waals surface area contributed by atoms with Crippen LogP contribution >= 0.6 is 0 Å². The number of nitriles is 1. The molecule has 0 amide bonds. The number of anilines is 1. The van der Waals surface area contributed by atoms with E-state index in [9.17, 15) is 15.2 Å². The lowest BCUT2D eigenvalue weighted by atomic mass is 9.77. The number of hydrogen-bond acceptors (Lipinski definition) is 4. The Morgan fingerprint density at radius 3 is 2.67 bits per heavy atom. The van der Waals surface area contributed by atoms with Crippen LogP contribution in [0.4, 0.5) is 5.69 Å². The molecule has 0 bridgehead atoms.